The summed E-state index contributed by atoms with van der Waals surface area (Å²) in [5.41, 5.74) is 8.95. The first-order valence-electron chi connectivity index (χ1n) is 13.1. The molecule has 7 rings (SSSR count). The monoisotopic (exact) mass is 506 g/mol. The molecule has 5 aromatic carbocycles. The molecule has 0 bridgehead atoms. The molecule has 0 saturated carbocycles. The Balaban J connectivity index is 1.26. The molecule has 0 aromatic heterocycles. The molecule has 2 heterocycles. The second-order valence-corrected chi connectivity index (χ2v) is 10.6. The molecule has 2 aliphatic rings. The van der Waals surface area contributed by atoms with Crippen molar-refractivity contribution in [2.24, 2.45) is 0 Å². The number of anilines is 4. The summed E-state index contributed by atoms with van der Waals surface area (Å²) >= 11 is 0. The Kier molecular flexibility index (Phi) is 5.07. The molecule has 4 nitrogen and oxygen atoms in total. The van der Waals surface area contributed by atoms with Gasteiger partial charge < -0.3 is 4.90 Å². The van der Waals surface area contributed by atoms with Gasteiger partial charge in [0, 0.05) is 11.1 Å². The van der Waals surface area contributed by atoms with Crippen LogP contribution in [0.4, 0.5) is 22.7 Å². The normalized spacial score (nSPS) is 15.1. The molecular formula is C35H26N2O2. The van der Waals surface area contributed by atoms with Crippen LogP contribution in [0.25, 0.3) is 11.1 Å². The van der Waals surface area contributed by atoms with Crippen LogP contribution in [-0.4, -0.2) is 11.8 Å². The maximum absolute atomic E-state index is 13.5. The van der Waals surface area contributed by atoms with Gasteiger partial charge in [-0.3, -0.25) is 9.59 Å². The molecule has 0 fully saturated rings. The number of fused-ring (bicyclic) bond motifs is 3. The van der Waals surface area contributed by atoms with Gasteiger partial charge in [-0.05, 0) is 70.8 Å². The molecule has 39 heavy (non-hydrogen) atoms. The van der Waals surface area contributed by atoms with E-state index in [1.54, 1.807) is 6.07 Å². The van der Waals surface area contributed by atoms with Crippen LogP contribution < -0.4 is 9.80 Å². The molecule has 0 N–H and O–H groups in total. The van der Waals surface area contributed by atoms with E-state index in [2.05, 4.69) is 67.3 Å². The van der Waals surface area contributed by atoms with E-state index in [0.29, 0.717) is 16.8 Å². The Morgan fingerprint density at radius 3 is 1.62 bits per heavy atom. The Hall–Kier alpha value is -4.96. The SMILES string of the molecule is CC1(C)c2ccccc2N(c2ccc(N3C(=O)c4ccc(-c5ccccc5)cc4C3=O)cc2)c2ccccc21. The maximum Gasteiger partial charge on any atom is 0.266 e. The summed E-state index contributed by atoms with van der Waals surface area (Å²) in [5.74, 6) is -0.589. The van der Waals surface area contributed by atoms with E-state index in [1.165, 1.54) is 16.0 Å². The zero-order chi connectivity index (χ0) is 26.7. The molecule has 188 valence electrons. The first kappa shape index (κ1) is 23.2. The first-order chi connectivity index (χ1) is 18.9. The van der Waals surface area contributed by atoms with Crippen LogP contribution in [0.1, 0.15) is 45.7 Å². The molecule has 0 atom stereocenters. The standard InChI is InChI=1S/C35H26N2O2/c1-35(2)29-12-6-8-14-31(29)36(32-15-9-7-13-30(32)35)25-17-19-26(20-18-25)37-33(38)27-21-16-24(22-28(27)34(37)39)23-10-4-3-5-11-23/h3-22H,1-2H3. The molecule has 0 spiro atoms. The summed E-state index contributed by atoms with van der Waals surface area (Å²) in [6, 6.07) is 40.0. The fourth-order valence-electron chi connectivity index (χ4n) is 5.98. The van der Waals surface area contributed by atoms with E-state index in [0.717, 1.165) is 28.2 Å². The van der Waals surface area contributed by atoms with Crippen LogP contribution in [0.2, 0.25) is 0 Å². The Morgan fingerprint density at radius 1 is 0.487 bits per heavy atom. The van der Waals surface area contributed by atoms with E-state index in [1.807, 2.05) is 66.7 Å². The fourth-order valence-corrected chi connectivity index (χ4v) is 5.98. The van der Waals surface area contributed by atoms with E-state index in [-0.39, 0.29) is 17.2 Å². The van der Waals surface area contributed by atoms with Gasteiger partial charge in [0.2, 0.25) is 0 Å². The minimum atomic E-state index is -0.295. The third kappa shape index (κ3) is 3.45. The average molecular weight is 507 g/mol. The number of benzene rings is 5. The minimum absolute atomic E-state index is 0.137. The molecule has 5 aromatic rings. The van der Waals surface area contributed by atoms with Crippen molar-refractivity contribution in [3.05, 3.63) is 144 Å². The van der Waals surface area contributed by atoms with E-state index < -0.39 is 0 Å². The van der Waals surface area contributed by atoms with Crippen LogP contribution in [-0.2, 0) is 5.41 Å². The zero-order valence-corrected chi connectivity index (χ0v) is 21.8. The predicted octanol–water partition coefficient (Wildman–Crippen LogP) is 8.26. The van der Waals surface area contributed by atoms with E-state index >= 15 is 0 Å². The number of hydrogen-bond acceptors (Lipinski definition) is 3. The van der Waals surface area contributed by atoms with Crippen molar-refractivity contribution < 1.29 is 9.59 Å². The molecule has 0 unspecified atom stereocenters. The van der Waals surface area contributed by atoms with Crippen LogP contribution in [0.5, 0.6) is 0 Å². The number of amides is 2. The van der Waals surface area contributed by atoms with Crippen molar-refractivity contribution in [3.63, 3.8) is 0 Å². The lowest BCUT2D eigenvalue weighted by atomic mass is 9.73. The third-order valence-corrected chi connectivity index (χ3v) is 8.00. The highest BCUT2D eigenvalue weighted by molar-refractivity contribution is 6.34. The van der Waals surface area contributed by atoms with Crippen molar-refractivity contribution in [3.8, 4) is 11.1 Å². The number of hydrogen-bond donors (Lipinski definition) is 0. The highest BCUT2D eigenvalue weighted by atomic mass is 16.2. The van der Waals surface area contributed by atoms with Crippen molar-refractivity contribution in [1.82, 2.24) is 0 Å². The third-order valence-electron chi connectivity index (χ3n) is 8.00. The lowest BCUT2D eigenvalue weighted by molar-refractivity contribution is 0.0926. The van der Waals surface area contributed by atoms with Gasteiger partial charge in [0.1, 0.15) is 0 Å². The van der Waals surface area contributed by atoms with Gasteiger partial charge in [0.15, 0.2) is 0 Å². The number of nitrogens with zero attached hydrogens (tertiary/aromatic N) is 2. The highest BCUT2D eigenvalue weighted by Crippen LogP contribution is 2.51. The molecule has 2 aliphatic heterocycles. The average Bonchev–Trinajstić information content (AvgIpc) is 3.23. The first-order valence-corrected chi connectivity index (χ1v) is 13.1. The van der Waals surface area contributed by atoms with Gasteiger partial charge in [0.05, 0.1) is 28.2 Å². The van der Waals surface area contributed by atoms with Crippen LogP contribution in [0, 0.1) is 0 Å². The van der Waals surface area contributed by atoms with E-state index in [4.69, 9.17) is 0 Å². The Labute approximate surface area is 227 Å². The second-order valence-electron chi connectivity index (χ2n) is 10.6. The van der Waals surface area contributed by atoms with Gasteiger partial charge >= 0.3 is 0 Å². The highest BCUT2D eigenvalue weighted by Gasteiger charge is 2.38. The summed E-state index contributed by atoms with van der Waals surface area (Å²) in [7, 11) is 0. The van der Waals surface area contributed by atoms with Gasteiger partial charge in [-0.25, -0.2) is 4.90 Å². The molecule has 0 radical (unpaired) electrons. The summed E-state index contributed by atoms with van der Waals surface area (Å²) in [6.07, 6.45) is 0. The predicted molar refractivity (Wildman–Crippen MR) is 156 cm³/mol. The lowest BCUT2D eigenvalue weighted by Gasteiger charge is -2.42. The summed E-state index contributed by atoms with van der Waals surface area (Å²) in [6.45, 7) is 4.52. The van der Waals surface area contributed by atoms with Crippen molar-refractivity contribution in [2.75, 3.05) is 9.80 Å². The van der Waals surface area contributed by atoms with Crippen molar-refractivity contribution >= 4 is 34.6 Å². The number of carbonyl (C=O) groups excluding carboxylic acids is 2. The topological polar surface area (TPSA) is 40.6 Å². The molecular weight excluding hydrogens is 480 g/mol. The second kappa shape index (κ2) is 8.53. The number of rotatable bonds is 3. The van der Waals surface area contributed by atoms with Crippen molar-refractivity contribution in [2.45, 2.75) is 19.3 Å². The molecule has 4 heteroatoms. The van der Waals surface area contributed by atoms with Crippen LogP contribution in [0.15, 0.2) is 121 Å². The van der Waals surface area contributed by atoms with Crippen LogP contribution in [0.3, 0.4) is 0 Å². The number of carbonyl (C=O) groups is 2. The van der Waals surface area contributed by atoms with Gasteiger partial charge in [-0.15, -0.1) is 0 Å². The largest absolute Gasteiger partial charge is 0.310 e. The lowest BCUT2D eigenvalue weighted by Crippen LogP contribution is -2.31. The Bertz CT molecular complexity index is 1720. The van der Waals surface area contributed by atoms with Gasteiger partial charge in [0.25, 0.3) is 11.8 Å². The number of para-hydroxylation sites is 2. The quantitative estimate of drug-likeness (QED) is 0.231. The Morgan fingerprint density at radius 2 is 1.00 bits per heavy atom. The van der Waals surface area contributed by atoms with Crippen LogP contribution >= 0.6 is 0 Å². The van der Waals surface area contributed by atoms with Gasteiger partial charge in [-0.1, -0.05) is 86.6 Å². The molecule has 0 saturated heterocycles. The molecule has 0 aliphatic carbocycles. The fraction of sp³-hybridized carbons (Fsp3) is 0.0857. The number of imide groups is 1. The summed E-state index contributed by atoms with van der Waals surface area (Å²) in [4.78, 5) is 30.3. The van der Waals surface area contributed by atoms with Gasteiger partial charge in [-0.2, -0.15) is 0 Å². The summed E-state index contributed by atoms with van der Waals surface area (Å²) < 4.78 is 0. The van der Waals surface area contributed by atoms with Crippen molar-refractivity contribution in [1.29, 1.82) is 0 Å². The maximum atomic E-state index is 13.5. The summed E-state index contributed by atoms with van der Waals surface area (Å²) in [5, 5.41) is 0. The van der Waals surface area contributed by atoms with E-state index in [9.17, 15) is 9.59 Å². The smallest absolute Gasteiger partial charge is 0.266 e. The minimum Gasteiger partial charge on any atom is -0.310 e. The zero-order valence-electron chi connectivity index (χ0n) is 21.8. The molecule has 2 amide bonds.